The van der Waals surface area contributed by atoms with E-state index < -0.39 is 10.0 Å². The number of hydrogen-bond acceptors (Lipinski definition) is 6. The van der Waals surface area contributed by atoms with Gasteiger partial charge >= 0.3 is 0 Å². The number of anilines is 2. The van der Waals surface area contributed by atoms with Crippen molar-refractivity contribution in [2.45, 2.75) is 5.03 Å². The SMILES string of the molecule is Nc1cc(-c2ccccn2)nc(S(=O)(=O)N(C=O)c2ccccc2)c1. The first-order valence-electron chi connectivity index (χ1n) is 7.26. The van der Waals surface area contributed by atoms with Gasteiger partial charge in [0.25, 0.3) is 10.0 Å². The van der Waals surface area contributed by atoms with E-state index in [1.165, 1.54) is 24.3 Å². The predicted octanol–water partition coefficient (Wildman–Crippen LogP) is 2.08. The average molecular weight is 354 g/mol. The van der Waals surface area contributed by atoms with E-state index in [0.29, 0.717) is 15.7 Å². The first-order valence-corrected chi connectivity index (χ1v) is 8.70. The minimum Gasteiger partial charge on any atom is -0.399 e. The Hall–Kier alpha value is -3.26. The fourth-order valence-corrected chi connectivity index (χ4v) is 3.45. The van der Waals surface area contributed by atoms with Crippen LogP contribution in [0.1, 0.15) is 0 Å². The average Bonchev–Trinajstić information content (AvgIpc) is 2.63. The molecule has 0 fully saturated rings. The summed E-state index contributed by atoms with van der Waals surface area (Å²) in [5, 5.41) is -0.330. The molecule has 0 aliphatic heterocycles. The van der Waals surface area contributed by atoms with Crippen molar-refractivity contribution >= 4 is 27.8 Å². The summed E-state index contributed by atoms with van der Waals surface area (Å²) >= 11 is 0. The van der Waals surface area contributed by atoms with Crippen molar-refractivity contribution in [2.75, 3.05) is 10.0 Å². The van der Waals surface area contributed by atoms with E-state index in [1.807, 2.05) is 0 Å². The number of sulfonamides is 1. The largest absolute Gasteiger partial charge is 0.399 e. The first-order chi connectivity index (χ1) is 12.0. The molecule has 0 bridgehead atoms. The fraction of sp³-hybridized carbons (Fsp3) is 0. The number of rotatable bonds is 5. The van der Waals surface area contributed by atoms with Gasteiger partial charge in [-0.15, -0.1) is 0 Å². The van der Waals surface area contributed by atoms with Gasteiger partial charge in [0.2, 0.25) is 6.41 Å². The quantitative estimate of drug-likeness (QED) is 0.703. The van der Waals surface area contributed by atoms with Gasteiger partial charge in [0.15, 0.2) is 5.03 Å². The van der Waals surface area contributed by atoms with Crippen LogP contribution in [0.25, 0.3) is 11.4 Å². The molecule has 126 valence electrons. The normalized spacial score (nSPS) is 11.0. The van der Waals surface area contributed by atoms with Gasteiger partial charge in [-0.3, -0.25) is 9.78 Å². The van der Waals surface area contributed by atoms with Crippen LogP contribution < -0.4 is 10.0 Å². The van der Waals surface area contributed by atoms with Crippen LogP contribution in [0.5, 0.6) is 0 Å². The number of nitrogens with two attached hydrogens (primary N) is 1. The second kappa shape index (κ2) is 6.70. The zero-order chi connectivity index (χ0) is 17.9. The molecular formula is C17H14N4O3S. The Morgan fingerprint density at radius 1 is 0.960 bits per heavy atom. The molecule has 0 radical (unpaired) electrons. The number of hydrogen-bond donors (Lipinski definition) is 1. The highest BCUT2D eigenvalue weighted by Crippen LogP contribution is 2.25. The molecule has 0 spiro atoms. The lowest BCUT2D eigenvalue weighted by Gasteiger charge is -2.17. The van der Waals surface area contributed by atoms with Crippen LogP contribution in [-0.2, 0) is 14.8 Å². The topological polar surface area (TPSA) is 106 Å². The van der Waals surface area contributed by atoms with Crippen molar-refractivity contribution in [1.82, 2.24) is 9.97 Å². The van der Waals surface area contributed by atoms with E-state index in [-0.39, 0.29) is 22.8 Å². The Morgan fingerprint density at radius 3 is 2.32 bits per heavy atom. The molecule has 0 unspecified atom stereocenters. The number of carbonyl (C=O) groups excluding carboxylic acids is 1. The highest BCUT2D eigenvalue weighted by Gasteiger charge is 2.27. The molecule has 25 heavy (non-hydrogen) atoms. The van der Waals surface area contributed by atoms with Crippen molar-refractivity contribution in [1.29, 1.82) is 0 Å². The molecule has 3 rings (SSSR count). The molecule has 3 aromatic rings. The Balaban J connectivity index is 2.11. The molecule has 0 saturated carbocycles. The third-order valence-electron chi connectivity index (χ3n) is 3.38. The van der Waals surface area contributed by atoms with Crippen molar-refractivity contribution < 1.29 is 13.2 Å². The van der Waals surface area contributed by atoms with Crippen LogP contribution >= 0.6 is 0 Å². The van der Waals surface area contributed by atoms with Gasteiger partial charge in [0, 0.05) is 18.0 Å². The number of nitrogens with zero attached hydrogens (tertiary/aromatic N) is 3. The van der Waals surface area contributed by atoms with E-state index in [1.54, 1.807) is 42.6 Å². The van der Waals surface area contributed by atoms with Gasteiger partial charge in [-0.25, -0.2) is 9.29 Å². The van der Waals surface area contributed by atoms with Crippen LogP contribution in [0.3, 0.4) is 0 Å². The maximum atomic E-state index is 12.9. The molecule has 1 aromatic carbocycles. The van der Waals surface area contributed by atoms with E-state index >= 15 is 0 Å². The summed E-state index contributed by atoms with van der Waals surface area (Å²) < 4.78 is 26.3. The van der Waals surface area contributed by atoms with Gasteiger partial charge in [-0.05, 0) is 30.3 Å². The summed E-state index contributed by atoms with van der Waals surface area (Å²) in [4.78, 5) is 19.7. The molecule has 2 N–H and O–H groups in total. The van der Waals surface area contributed by atoms with Crippen LogP contribution in [0.15, 0.2) is 71.9 Å². The van der Waals surface area contributed by atoms with E-state index in [2.05, 4.69) is 9.97 Å². The summed E-state index contributed by atoms with van der Waals surface area (Å²) in [7, 11) is -4.21. The van der Waals surface area contributed by atoms with Gasteiger partial charge < -0.3 is 5.73 Å². The maximum Gasteiger partial charge on any atom is 0.288 e. The number of aromatic nitrogens is 2. The number of pyridine rings is 2. The standard InChI is InChI=1S/C17H14N4O3S/c18-13-10-16(15-8-4-5-9-19-15)20-17(11-13)25(23,24)21(12-22)14-6-2-1-3-7-14/h1-12H,(H2,18,20). The van der Waals surface area contributed by atoms with Crippen molar-refractivity contribution in [3.05, 3.63) is 66.9 Å². The molecule has 7 nitrogen and oxygen atoms in total. The molecule has 8 heteroatoms. The Morgan fingerprint density at radius 2 is 1.68 bits per heavy atom. The number of para-hydroxylation sites is 1. The van der Waals surface area contributed by atoms with E-state index in [9.17, 15) is 13.2 Å². The van der Waals surface area contributed by atoms with E-state index in [4.69, 9.17) is 5.73 Å². The lowest BCUT2D eigenvalue weighted by atomic mass is 10.2. The second-order valence-corrected chi connectivity index (χ2v) is 6.84. The van der Waals surface area contributed by atoms with Gasteiger partial charge in [0.05, 0.1) is 17.1 Å². The van der Waals surface area contributed by atoms with Gasteiger partial charge in [-0.1, -0.05) is 24.3 Å². The molecule has 0 aliphatic rings. The highest BCUT2D eigenvalue weighted by molar-refractivity contribution is 7.93. The minimum atomic E-state index is -4.21. The lowest BCUT2D eigenvalue weighted by Crippen LogP contribution is -2.30. The molecule has 2 heterocycles. The summed E-state index contributed by atoms with van der Waals surface area (Å²) in [5.74, 6) is 0. The molecule has 1 amide bonds. The first kappa shape index (κ1) is 16.6. The third-order valence-corrected chi connectivity index (χ3v) is 4.93. The number of carbonyl (C=O) groups is 1. The number of nitrogen functional groups attached to an aromatic ring is 1. The highest BCUT2D eigenvalue weighted by atomic mass is 32.2. The maximum absolute atomic E-state index is 12.9. The van der Waals surface area contributed by atoms with Crippen LogP contribution in [-0.4, -0.2) is 24.8 Å². The summed E-state index contributed by atoms with van der Waals surface area (Å²) in [6, 6.07) is 15.9. The smallest absolute Gasteiger partial charge is 0.288 e. The number of benzene rings is 1. The van der Waals surface area contributed by atoms with E-state index in [0.717, 1.165) is 0 Å². The fourth-order valence-electron chi connectivity index (χ4n) is 2.23. The molecule has 2 aromatic heterocycles. The number of amides is 1. The monoisotopic (exact) mass is 354 g/mol. The zero-order valence-corrected chi connectivity index (χ0v) is 13.8. The molecule has 0 saturated heterocycles. The molecule has 0 aliphatic carbocycles. The molecule has 0 atom stereocenters. The predicted molar refractivity (Wildman–Crippen MR) is 94.1 cm³/mol. The third kappa shape index (κ3) is 3.33. The molecular weight excluding hydrogens is 340 g/mol. The van der Waals surface area contributed by atoms with Crippen molar-refractivity contribution in [3.8, 4) is 11.4 Å². The Bertz CT molecular complexity index is 993. The van der Waals surface area contributed by atoms with Crippen molar-refractivity contribution in [2.24, 2.45) is 0 Å². The van der Waals surface area contributed by atoms with Crippen molar-refractivity contribution in [3.63, 3.8) is 0 Å². The van der Waals surface area contributed by atoms with Gasteiger partial charge in [-0.2, -0.15) is 8.42 Å². The summed E-state index contributed by atoms with van der Waals surface area (Å²) in [6.07, 6.45) is 1.80. The lowest BCUT2D eigenvalue weighted by molar-refractivity contribution is -0.106. The van der Waals surface area contributed by atoms with Gasteiger partial charge in [0.1, 0.15) is 0 Å². The van der Waals surface area contributed by atoms with Crippen LogP contribution in [0.2, 0.25) is 0 Å². The van der Waals surface area contributed by atoms with Crippen LogP contribution in [0.4, 0.5) is 11.4 Å². The van der Waals surface area contributed by atoms with Crippen LogP contribution in [0, 0.1) is 0 Å². The Labute approximate surface area is 144 Å². The minimum absolute atomic E-state index is 0.202. The zero-order valence-electron chi connectivity index (χ0n) is 13.0. The summed E-state index contributed by atoms with van der Waals surface area (Å²) in [6.45, 7) is 0. The second-order valence-electron chi connectivity index (χ2n) is 5.08. The summed E-state index contributed by atoms with van der Waals surface area (Å²) in [5.41, 5.74) is 7.03. The Kier molecular flexibility index (Phi) is 4.44.